The third-order valence-electron chi connectivity index (χ3n) is 5.79. The van der Waals surface area contributed by atoms with Crippen LogP contribution in [-0.4, -0.2) is 17.6 Å². The first-order chi connectivity index (χ1) is 13.0. The number of benzene rings is 1. The summed E-state index contributed by atoms with van der Waals surface area (Å²) in [6.45, 7) is 4.00. The third kappa shape index (κ3) is 3.04. The van der Waals surface area contributed by atoms with Crippen LogP contribution in [0.25, 0.3) is 5.82 Å². The van der Waals surface area contributed by atoms with Gasteiger partial charge in [-0.05, 0) is 56.5 Å². The summed E-state index contributed by atoms with van der Waals surface area (Å²) in [4.78, 5) is 0.787. The van der Waals surface area contributed by atoms with E-state index in [1.165, 1.54) is 19.3 Å². The lowest BCUT2D eigenvalue weighted by molar-refractivity contribution is 0.347. The topological polar surface area (TPSA) is 44.0 Å². The predicted molar refractivity (Wildman–Crippen MR) is 107 cm³/mol. The Morgan fingerprint density at radius 3 is 2.15 bits per heavy atom. The highest BCUT2D eigenvalue weighted by Gasteiger charge is 2.32. The second-order valence-corrected chi connectivity index (χ2v) is 9.32. The Morgan fingerprint density at radius 2 is 1.52 bits per heavy atom. The van der Waals surface area contributed by atoms with Crippen LogP contribution < -0.4 is 0 Å². The summed E-state index contributed by atoms with van der Waals surface area (Å²) >= 11 is 0. The molecule has 5 heteroatoms. The van der Waals surface area contributed by atoms with Crippen LogP contribution in [-0.2, 0) is 9.84 Å². The molecule has 1 aromatic carbocycles. The quantitative estimate of drug-likeness (QED) is 0.620. The molecule has 0 bridgehead atoms. The van der Waals surface area contributed by atoms with Gasteiger partial charge in [-0.3, -0.25) is 0 Å². The van der Waals surface area contributed by atoms with E-state index in [-0.39, 0.29) is 0 Å². The maximum absolute atomic E-state index is 13.6. The summed E-state index contributed by atoms with van der Waals surface area (Å²) < 4.78 is 31.4. The molecule has 0 atom stereocenters. The molecule has 1 saturated carbocycles. The Morgan fingerprint density at radius 1 is 0.889 bits per heavy atom. The highest BCUT2D eigenvalue weighted by Crippen LogP contribution is 2.39. The Kier molecular flexibility index (Phi) is 4.72. The predicted octanol–water partition coefficient (Wildman–Crippen LogP) is 5.23. The van der Waals surface area contributed by atoms with Gasteiger partial charge in [0.2, 0.25) is 9.84 Å². The molecule has 0 spiro atoms. The maximum atomic E-state index is 13.6. The summed E-state index contributed by atoms with van der Waals surface area (Å²) in [6, 6.07) is 13.0. The molecule has 1 aliphatic rings. The Labute approximate surface area is 161 Å². The molecular formula is C22H26N2O2S. The van der Waals surface area contributed by atoms with Crippen molar-refractivity contribution in [3.63, 3.8) is 0 Å². The number of sulfone groups is 1. The average molecular weight is 383 g/mol. The first kappa shape index (κ1) is 18.1. The van der Waals surface area contributed by atoms with Gasteiger partial charge in [0.15, 0.2) is 0 Å². The van der Waals surface area contributed by atoms with Crippen LogP contribution in [0.5, 0.6) is 0 Å². The van der Waals surface area contributed by atoms with Crippen molar-refractivity contribution in [2.45, 2.75) is 61.8 Å². The zero-order valence-electron chi connectivity index (χ0n) is 15.9. The fraction of sp³-hybridized carbons (Fsp3) is 0.364. The number of rotatable bonds is 4. The van der Waals surface area contributed by atoms with Crippen molar-refractivity contribution in [3.8, 4) is 5.82 Å². The molecule has 142 valence electrons. The summed E-state index contributed by atoms with van der Waals surface area (Å²) in [5, 5.41) is 0. The fourth-order valence-electron chi connectivity index (χ4n) is 4.32. The highest BCUT2D eigenvalue weighted by molar-refractivity contribution is 7.91. The smallest absolute Gasteiger partial charge is 0.210 e. The zero-order chi connectivity index (χ0) is 19.0. The van der Waals surface area contributed by atoms with Crippen molar-refractivity contribution in [2.24, 2.45) is 0 Å². The summed E-state index contributed by atoms with van der Waals surface area (Å²) in [7, 11) is -3.61. The molecule has 0 N–H and O–H groups in total. The Bertz CT molecular complexity index is 1030. The normalized spacial score (nSPS) is 15.9. The first-order valence-electron chi connectivity index (χ1n) is 9.66. The molecule has 0 aliphatic heterocycles. The van der Waals surface area contributed by atoms with Crippen molar-refractivity contribution >= 4 is 9.84 Å². The largest absolute Gasteiger partial charge is 0.327 e. The van der Waals surface area contributed by atoms with Crippen LogP contribution >= 0.6 is 0 Å². The van der Waals surface area contributed by atoms with Crippen LogP contribution in [0.2, 0.25) is 0 Å². The summed E-state index contributed by atoms with van der Waals surface area (Å²) in [5.74, 6) is 0.783. The molecule has 4 nitrogen and oxygen atoms in total. The lowest BCUT2D eigenvalue weighted by atomic mass is 9.95. The lowest BCUT2D eigenvalue weighted by Gasteiger charge is -2.27. The SMILES string of the molecule is Cc1c(S(=O)(=O)c2ccccc2)c(-n2cccc2)n(C2CCCCC2)c1C. The number of nitrogens with zero attached hydrogens (tertiary/aromatic N) is 2. The highest BCUT2D eigenvalue weighted by atomic mass is 32.2. The Hall–Kier alpha value is -2.27. The van der Waals surface area contributed by atoms with Gasteiger partial charge in [-0.25, -0.2) is 8.42 Å². The van der Waals surface area contributed by atoms with Gasteiger partial charge in [-0.1, -0.05) is 37.5 Å². The van der Waals surface area contributed by atoms with Gasteiger partial charge in [0.05, 0.1) is 4.90 Å². The van der Waals surface area contributed by atoms with Crippen molar-refractivity contribution in [1.29, 1.82) is 0 Å². The number of aromatic nitrogens is 2. The van der Waals surface area contributed by atoms with Crippen LogP contribution in [0.4, 0.5) is 0 Å². The van der Waals surface area contributed by atoms with Crippen LogP contribution in [0.3, 0.4) is 0 Å². The molecule has 2 aromatic heterocycles. The minimum absolute atomic E-state index is 0.349. The summed E-state index contributed by atoms with van der Waals surface area (Å²) in [5.41, 5.74) is 1.91. The molecule has 0 saturated heterocycles. The van der Waals surface area contributed by atoms with E-state index in [0.717, 1.165) is 29.9 Å². The van der Waals surface area contributed by atoms with E-state index in [9.17, 15) is 8.42 Å². The second-order valence-electron chi connectivity index (χ2n) is 7.43. The van der Waals surface area contributed by atoms with Crippen LogP contribution in [0.15, 0.2) is 64.6 Å². The van der Waals surface area contributed by atoms with E-state index in [0.29, 0.717) is 15.8 Å². The maximum Gasteiger partial charge on any atom is 0.210 e. The molecule has 2 heterocycles. The van der Waals surface area contributed by atoms with Crippen LogP contribution in [0, 0.1) is 13.8 Å². The van der Waals surface area contributed by atoms with E-state index in [1.54, 1.807) is 24.3 Å². The van der Waals surface area contributed by atoms with Crippen molar-refractivity contribution < 1.29 is 8.42 Å². The van der Waals surface area contributed by atoms with E-state index < -0.39 is 9.84 Å². The van der Waals surface area contributed by atoms with Gasteiger partial charge in [0, 0.05) is 24.1 Å². The van der Waals surface area contributed by atoms with Gasteiger partial charge in [0.25, 0.3) is 0 Å². The molecule has 3 aromatic rings. The van der Waals surface area contributed by atoms with Gasteiger partial charge >= 0.3 is 0 Å². The molecule has 0 unspecified atom stereocenters. The van der Waals surface area contributed by atoms with Crippen molar-refractivity contribution in [1.82, 2.24) is 9.13 Å². The molecule has 27 heavy (non-hydrogen) atoms. The standard InChI is InChI=1S/C22H26N2O2S/c1-17-18(2)24(19-11-5-3-6-12-19)22(23-15-9-10-16-23)21(17)27(25,26)20-13-7-4-8-14-20/h4,7-10,13-16,19H,3,5-6,11-12H2,1-2H3. The van der Waals surface area contributed by atoms with Crippen molar-refractivity contribution in [2.75, 3.05) is 0 Å². The zero-order valence-corrected chi connectivity index (χ0v) is 16.7. The Balaban J connectivity index is 2.00. The lowest BCUT2D eigenvalue weighted by Crippen LogP contribution is -2.18. The van der Waals surface area contributed by atoms with E-state index in [1.807, 2.05) is 42.1 Å². The minimum atomic E-state index is -3.61. The van der Waals surface area contributed by atoms with E-state index >= 15 is 0 Å². The average Bonchev–Trinajstić information content (AvgIpc) is 3.30. The van der Waals surface area contributed by atoms with Gasteiger partial charge < -0.3 is 9.13 Å². The fourth-order valence-corrected chi connectivity index (χ4v) is 6.07. The van der Waals surface area contributed by atoms with Gasteiger partial charge in [-0.15, -0.1) is 0 Å². The third-order valence-corrected chi connectivity index (χ3v) is 7.71. The molecule has 0 amide bonds. The second kappa shape index (κ2) is 7.04. The van der Waals surface area contributed by atoms with Gasteiger partial charge in [0.1, 0.15) is 10.7 Å². The van der Waals surface area contributed by atoms with E-state index in [4.69, 9.17) is 0 Å². The van der Waals surface area contributed by atoms with Crippen molar-refractivity contribution in [3.05, 3.63) is 66.1 Å². The summed E-state index contributed by atoms with van der Waals surface area (Å²) in [6.07, 6.45) is 9.77. The van der Waals surface area contributed by atoms with Crippen LogP contribution in [0.1, 0.15) is 49.4 Å². The first-order valence-corrected chi connectivity index (χ1v) is 11.1. The molecular weight excluding hydrogens is 356 g/mol. The van der Waals surface area contributed by atoms with Gasteiger partial charge in [-0.2, -0.15) is 0 Å². The monoisotopic (exact) mass is 382 g/mol. The number of hydrogen-bond acceptors (Lipinski definition) is 2. The minimum Gasteiger partial charge on any atom is -0.327 e. The number of hydrogen-bond donors (Lipinski definition) is 0. The molecule has 1 fully saturated rings. The molecule has 4 rings (SSSR count). The molecule has 0 radical (unpaired) electrons. The molecule has 1 aliphatic carbocycles. The van der Waals surface area contributed by atoms with E-state index in [2.05, 4.69) is 11.5 Å².